The number of nitrogens with zero attached hydrogens (tertiary/aromatic N) is 1. The number of carbonyl (C=O) groups excluding carboxylic acids is 1. The van der Waals surface area contributed by atoms with E-state index in [-0.39, 0.29) is 17.4 Å². The summed E-state index contributed by atoms with van der Waals surface area (Å²) in [7, 11) is 2.95. The summed E-state index contributed by atoms with van der Waals surface area (Å²) in [4.78, 5) is 14.7. The monoisotopic (exact) mass is 405 g/mol. The van der Waals surface area contributed by atoms with Crippen LogP contribution in [0.25, 0.3) is 10.8 Å². The first-order valence-corrected chi connectivity index (χ1v) is 10.0. The maximum Gasteiger partial charge on any atom is 0.223 e. The Hall–Kier alpha value is -3.25. The number of hydrogen-bond donors (Lipinski definition) is 2. The Kier molecular flexibility index (Phi) is 4.33. The molecule has 154 valence electrons. The second-order valence-electron chi connectivity index (χ2n) is 7.79. The molecular formula is C24H23NO5. The number of aliphatic hydroxyl groups is 1. The maximum atomic E-state index is 12.9. The molecule has 2 heterocycles. The van der Waals surface area contributed by atoms with Crippen LogP contribution in [0.4, 0.5) is 0 Å². The highest BCUT2D eigenvalue weighted by molar-refractivity contribution is 5.88. The fourth-order valence-corrected chi connectivity index (χ4v) is 5.06. The van der Waals surface area contributed by atoms with E-state index < -0.39 is 18.2 Å². The van der Waals surface area contributed by atoms with E-state index in [1.54, 1.807) is 11.0 Å². The van der Waals surface area contributed by atoms with Gasteiger partial charge in [0.05, 0.1) is 26.3 Å². The van der Waals surface area contributed by atoms with Crippen LogP contribution in [-0.4, -0.2) is 41.3 Å². The topological polar surface area (TPSA) is 79.2 Å². The normalized spacial score (nSPS) is 22.7. The van der Waals surface area contributed by atoms with E-state index in [1.807, 2.05) is 42.5 Å². The van der Waals surface area contributed by atoms with Crippen molar-refractivity contribution in [3.05, 3.63) is 65.2 Å². The molecule has 30 heavy (non-hydrogen) atoms. The minimum atomic E-state index is -1.00. The summed E-state index contributed by atoms with van der Waals surface area (Å²) in [5.41, 5.74) is 2.01. The molecule has 0 spiro atoms. The van der Waals surface area contributed by atoms with E-state index in [9.17, 15) is 15.0 Å². The van der Waals surface area contributed by atoms with E-state index >= 15 is 0 Å². The van der Waals surface area contributed by atoms with Gasteiger partial charge in [-0.05, 0) is 34.4 Å². The molecule has 2 N–H and O–H groups in total. The quantitative estimate of drug-likeness (QED) is 0.695. The van der Waals surface area contributed by atoms with Crippen molar-refractivity contribution < 1.29 is 24.5 Å². The number of phenols is 1. The summed E-state index contributed by atoms with van der Waals surface area (Å²) in [5.74, 6) is 0.404. The molecule has 0 saturated carbocycles. The minimum Gasteiger partial charge on any atom is -0.504 e. The number of ether oxygens (including phenoxy) is 2. The van der Waals surface area contributed by atoms with Gasteiger partial charge < -0.3 is 24.6 Å². The third kappa shape index (κ3) is 2.50. The van der Waals surface area contributed by atoms with Gasteiger partial charge in [0.1, 0.15) is 6.10 Å². The van der Waals surface area contributed by atoms with Gasteiger partial charge in [-0.1, -0.05) is 42.5 Å². The Morgan fingerprint density at radius 2 is 1.80 bits per heavy atom. The minimum absolute atomic E-state index is 0.00286. The van der Waals surface area contributed by atoms with Crippen LogP contribution in [0.3, 0.4) is 0 Å². The highest BCUT2D eigenvalue weighted by Gasteiger charge is 2.49. The van der Waals surface area contributed by atoms with Gasteiger partial charge in [0.25, 0.3) is 0 Å². The van der Waals surface area contributed by atoms with Crippen LogP contribution >= 0.6 is 0 Å². The molecule has 1 amide bonds. The molecule has 5 rings (SSSR count). The number of aliphatic hydroxyl groups excluding tert-OH is 1. The second-order valence-corrected chi connectivity index (χ2v) is 7.79. The standard InChI is InChI=1S/C24H23NO5/c1-29-18-12-16-20(23(28)24(18)30-2)22(27)17-10-11-19(26)25(17)21(16)15-9-5-7-13-6-3-4-8-14(13)15/h3-9,12,17,21-22,27-28H,10-11H2,1-2H3/t17-,21-,22?/m0/s1. The van der Waals surface area contributed by atoms with Gasteiger partial charge in [-0.15, -0.1) is 0 Å². The van der Waals surface area contributed by atoms with Crippen molar-refractivity contribution in [3.63, 3.8) is 0 Å². The molecule has 3 atom stereocenters. The van der Waals surface area contributed by atoms with Crippen LogP contribution in [0.15, 0.2) is 48.5 Å². The number of fused-ring (bicyclic) bond motifs is 3. The Labute approximate surface area is 174 Å². The Morgan fingerprint density at radius 3 is 2.57 bits per heavy atom. The van der Waals surface area contributed by atoms with E-state index in [2.05, 4.69) is 0 Å². The molecule has 2 aliphatic rings. The highest BCUT2D eigenvalue weighted by Crippen LogP contribution is 2.54. The fourth-order valence-electron chi connectivity index (χ4n) is 5.06. The number of hydrogen-bond acceptors (Lipinski definition) is 5. The molecule has 3 aromatic carbocycles. The van der Waals surface area contributed by atoms with Crippen LogP contribution in [-0.2, 0) is 4.79 Å². The molecule has 6 heteroatoms. The lowest BCUT2D eigenvalue weighted by Crippen LogP contribution is -2.45. The summed E-state index contributed by atoms with van der Waals surface area (Å²) in [5, 5.41) is 24.2. The molecule has 1 saturated heterocycles. The molecule has 1 unspecified atom stereocenters. The Morgan fingerprint density at radius 1 is 1.03 bits per heavy atom. The van der Waals surface area contributed by atoms with Crippen molar-refractivity contribution in [1.29, 1.82) is 0 Å². The molecule has 0 aromatic heterocycles. The zero-order valence-corrected chi connectivity index (χ0v) is 16.8. The molecular weight excluding hydrogens is 382 g/mol. The predicted molar refractivity (Wildman–Crippen MR) is 112 cm³/mol. The predicted octanol–water partition coefficient (Wildman–Crippen LogP) is 3.69. The maximum absolute atomic E-state index is 12.9. The van der Waals surface area contributed by atoms with E-state index in [4.69, 9.17) is 9.47 Å². The van der Waals surface area contributed by atoms with Crippen molar-refractivity contribution in [2.75, 3.05) is 14.2 Å². The fraction of sp³-hybridized carbons (Fsp3) is 0.292. The second kappa shape index (κ2) is 6.92. The molecule has 6 nitrogen and oxygen atoms in total. The third-order valence-electron chi connectivity index (χ3n) is 6.37. The average molecular weight is 405 g/mol. The van der Waals surface area contributed by atoms with Gasteiger partial charge >= 0.3 is 0 Å². The zero-order valence-electron chi connectivity index (χ0n) is 16.8. The average Bonchev–Trinajstić information content (AvgIpc) is 3.15. The van der Waals surface area contributed by atoms with Gasteiger partial charge in [-0.2, -0.15) is 0 Å². The Balaban J connectivity index is 1.85. The lowest BCUT2D eigenvalue weighted by Gasteiger charge is -2.43. The van der Waals surface area contributed by atoms with Crippen molar-refractivity contribution >= 4 is 16.7 Å². The van der Waals surface area contributed by atoms with Gasteiger partial charge in [-0.25, -0.2) is 0 Å². The van der Waals surface area contributed by atoms with Gasteiger partial charge in [-0.3, -0.25) is 4.79 Å². The lowest BCUT2D eigenvalue weighted by molar-refractivity contribution is -0.133. The lowest BCUT2D eigenvalue weighted by atomic mass is 9.81. The number of methoxy groups -OCH3 is 2. The number of benzene rings is 3. The SMILES string of the molecule is COc1cc2c(c(O)c1OC)C(O)[C@@H]1CCC(=O)N1[C@H]2c1cccc2ccccc12. The van der Waals surface area contributed by atoms with E-state index in [1.165, 1.54) is 14.2 Å². The van der Waals surface area contributed by atoms with Crippen LogP contribution in [0.2, 0.25) is 0 Å². The summed E-state index contributed by atoms with van der Waals surface area (Å²) in [6.07, 6.45) is -0.0991. The van der Waals surface area contributed by atoms with Crippen molar-refractivity contribution in [2.45, 2.75) is 31.0 Å². The molecule has 1 fully saturated rings. The van der Waals surface area contributed by atoms with Crippen LogP contribution < -0.4 is 9.47 Å². The van der Waals surface area contributed by atoms with Gasteiger partial charge in [0, 0.05) is 12.0 Å². The van der Waals surface area contributed by atoms with Gasteiger partial charge in [0.15, 0.2) is 11.5 Å². The van der Waals surface area contributed by atoms with Crippen molar-refractivity contribution in [3.8, 4) is 17.2 Å². The summed E-state index contributed by atoms with van der Waals surface area (Å²) in [6, 6.07) is 15.0. The van der Waals surface area contributed by atoms with Crippen LogP contribution in [0.1, 0.15) is 41.7 Å². The number of phenolic OH excluding ortho intramolecular Hbond substituents is 1. The summed E-state index contributed by atoms with van der Waals surface area (Å²) in [6.45, 7) is 0. The number of amides is 1. The molecule has 0 radical (unpaired) electrons. The molecule has 0 bridgehead atoms. The molecule has 0 aliphatic carbocycles. The van der Waals surface area contributed by atoms with E-state index in [0.29, 0.717) is 29.7 Å². The number of carbonyl (C=O) groups is 1. The zero-order chi connectivity index (χ0) is 21.0. The first-order valence-electron chi connectivity index (χ1n) is 10.0. The number of aromatic hydroxyl groups is 1. The van der Waals surface area contributed by atoms with Crippen molar-refractivity contribution in [1.82, 2.24) is 4.90 Å². The number of rotatable bonds is 3. The Bertz CT molecular complexity index is 1150. The molecule has 3 aromatic rings. The van der Waals surface area contributed by atoms with Crippen molar-refractivity contribution in [2.24, 2.45) is 0 Å². The van der Waals surface area contributed by atoms with Crippen LogP contribution in [0.5, 0.6) is 17.2 Å². The summed E-state index contributed by atoms with van der Waals surface area (Å²) < 4.78 is 10.8. The first kappa shape index (κ1) is 18.8. The van der Waals surface area contributed by atoms with Gasteiger partial charge in [0.2, 0.25) is 11.7 Å². The third-order valence-corrected chi connectivity index (χ3v) is 6.37. The summed E-state index contributed by atoms with van der Waals surface area (Å²) >= 11 is 0. The largest absolute Gasteiger partial charge is 0.504 e. The molecule has 2 aliphatic heterocycles. The highest BCUT2D eigenvalue weighted by atomic mass is 16.5. The van der Waals surface area contributed by atoms with Crippen LogP contribution in [0, 0.1) is 0 Å². The first-order chi connectivity index (χ1) is 14.6. The van der Waals surface area contributed by atoms with E-state index in [0.717, 1.165) is 16.3 Å². The smallest absolute Gasteiger partial charge is 0.223 e.